The standard InChI is InChI=1S/C21H24ClNO4/c1-14(2)20(16-7-9-17(22)10-8-16)21(25)27-13-19(24)23-12-15-5-4-6-18(11-15)26-3/h4-11,14,20H,12-13H2,1-3H3,(H,23,24)/t20-/m0/s1. The Morgan fingerprint density at radius 1 is 1.11 bits per heavy atom. The van der Waals surface area contributed by atoms with E-state index >= 15 is 0 Å². The minimum atomic E-state index is -0.451. The highest BCUT2D eigenvalue weighted by atomic mass is 35.5. The van der Waals surface area contributed by atoms with Crippen LogP contribution in [-0.4, -0.2) is 25.6 Å². The minimum absolute atomic E-state index is 0.0264. The number of hydrogen-bond acceptors (Lipinski definition) is 4. The van der Waals surface area contributed by atoms with Gasteiger partial charge in [-0.3, -0.25) is 9.59 Å². The van der Waals surface area contributed by atoms with E-state index in [-0.39, 0.29) is 18.4 Å². The minimum Gasteiger partial charge on any atom is -0.497 e. The van der Waals surface area contributed by atoms with Crippen molar-refractivity contribution in [2.24, 2.45) is 5.92 Å². The van der Waals surface area contributed by atoms with Gasteiger partial charge in [0.25, 0.3) is 5.91 Å². The molecule has 0 saturated heterocycles. The molecule has 2 aromatic rings. The molecule has 0 aliphatic rings. The predicted octanol–water partition coefficient (Wildman–Crippen LogP) is 3.95. The summed E-state index contributed by atoms with van der Waals surface area (Å²) in [7, 11) is 1.59. The maximum atomic E-state index is 12.5. The summed E-state index contributed by atoms with van der Waals surface area (Å²) in [5, 5.41) is 3.34. The first-order valence-electron chi connectivity index (χ1n) is 8.72. The Morgan fingerprint density at radius 3 is 2.44 bits per heavy atom. The molecule has 1 N–H and O–H groups in total. The second-order valence-electron chi connectivity index (χ2n) is 6.51. The molecule has 5 nitrogen and oxygen atoms in total. The fourth-order valence-electron chi connectivity index (χ4n) is 2.72. The molecule has 2 aromatic carbocycles. The van der Waals surface area contributed by atoms with Crippen molar-refractivity contribution in [2.75, 3.05) is 13.7 Å². The second-order valence-corrected chi connectivity index (χ2v) is 6.95. The van der Waals surface area contributed by atoms with Gasteiger partial charge in [-0.2, -0.15) is 0 Å². The highest BCUT2D eigenvalue weighted by molar-refractivity contribution is 6.30. The number of rotatable bonds is 8. The third kappa shape index (κ3) is 6.29. The zero-order valence-electron chi connectivity index (χ0n) is 15.7. The van der Waals surface area contributed by atoms with Crippen molar-refractivity contribution in [3.05, 3.63) is 64.7 Å². The van der Waals surface area contributed by atoms with Crippen LogP contribution in [0, 0.1) is 5.92 Å². The molecule has 0 bridgehead atoms. The molecule has 0 fully saturated rings. The highest BCUT2D eigenvalue weighted by Crippen LogP contribution is 2.27. The van der Waals surface area contributed by atoms with Gasteiger partial charge in [-0.25, -0.2) is 0 Å². The Hall–Kier alpha value is -2.53. The number of carbonyl (C=O) groups is 2. The Balaban J connectivity index is 1.88. The van der Waals surface area contributed by atoms with Gasteiger partial charge in [0, 0.05) is 11.6 Å². The smallest absolute Gasteiger partial charge is 0.314 e. The van der Waals surface area contributed by atoms with Gasteiger partial charge >= 0.3 is 5.97 Å². The van der Waals surface area contributed by atoms with Crippen LogP contribution in [0.25, 0.3) is 0 Å². The van der Waals surface area contributed by atoms with E-state index in [2.05, 4.69) is 5.32 Å². The van der Waals surface area contributed by atoms with E-state index in [0.717, 1.165) is 16.9 Å². The number of amides is 1. The average molecular weight is 390 g/mol. The third-order valence-electron chi connectivity index (χ3n) is 4.12. The lowest BCUT2D eigenvalue weighted by atomic mass is 9.88. The van der Waals surface area contributed by atoms with E-state index < -0.39 is 11.9 Å². The zero-order valence-corrected chi connectivity index (χ0v) is 16.5. The van der Waals surface area contributed by atoms with Crippen LogP contribution in [0.2, 0.25) is 5.02 Å². The first-order chi connectivity index (χ1) is 12.9. The number of ether oxygens (including phenoxy) is 2. The fraction of sp³-hybridized carbons (Fsp3) is 0.333. The Labute approximate surface area is 164 Å². The van der Waals surface area contributed by atoms with E-state index in [1.54, 1.807) is 31.4 Å². The van der Waals surface area contributed by atoms with Crippen molar-refractivity contribution < 1.29 is 19.1 Å². The van der Waals surface area contributed by atoms with Crippen LogP contribution >= 0.6 is 11.6 Å². The summed E-state index contributed by atoms with van der Waals surface area (Å²) in [6.07, 6.45) is 0. The summed E-state index contributed by atoms with van der Waals surface area (Å²) in [5.41, 5.74) is 1.71. The normalized spacial score (nSPS) is 11.7. The van der Waals surface area contributed by atoms with Crippen LogP contribution in [0.4, 0.5) is 0 Å². The molecule has 144 valence electrons. The molecule has 1 atom stereocenters. The molecule has 27 heavy (non-hydrogen) atoms. The van der Waals surface area contributed by atoms with Gasteiger partial charge < -0.3 is 14.8 Å². The molecule has 0 radical (unpaired) electrons. The summed E-state index contributed by atoms with van der Waals surface area (Å²) in [4.78, 5) is 24.5. The van der Waals surface area contributed by atoms with E-state index in [1.165, 1.54) is 0 Å². The first kappa shape index (κ1) is 20.8. The molecule has 1 amide bonds. The summed E-state index contributed by atoms with van der Waals surface area (Å²) in [6, 6.07) is 14.5. The number of nitrogens with one attached hydrogen (secondary N) is 1. The number of esters is 1. The number of methoxy groups -OCH3 is 1. The summed E-state index contributed by atoms with van der Waals surface area (Å²) in [6.45, 7) is 3.88. The second kappa shape index (κ2) is 9.97. The Morgan fingerprint density at radius 2 is 1.81 bits per heavy atom. The van der Waals surface area contributed by atoms with Crippen LogP contribution in [0.1, 0.15) is 30.9 Å². The van der Waals surface area contributed by atoms with Crippen molar-refractivity contribution in [2.45, 2.75) is 26.3 Å². The SMILES string of the molecule is COc1cccc(CNC(=O)COC(=O)[C@H](c2ccc(Cl)cc2)C(C)C)c1. The molecule has 0 heterocycles. The van der Waals surface area contributed by atoms with Crippen LogP contribution in [0.3, 0.4) is 0 Å². The number of halogens is 1. The van der Waals surface area contributed by atoms with Crippen LogP contribution in [0.5, 0.6) is 5.75 Å². The van der Waals surface area contributed by atoms with Crippen molar-refractivity contribution in [3.8, 4) is 5.75 Å². The van der Waals surface area contributed by atoms with E-state index in [1.807, 2.05) is 38.1 Å². The molecule has 0 saturated carbocycles. The largest absolute Gasteiger partial charge is 0.497 e. The molecule has 0 aromatic heterocycles. The molecular formula is C21H24ClNO4. The van der Waals surface area contributed by atoms with Crippen molar-refractivity contribution in [1.29, 1.82) is 0 Å². The number of carbonyl (C=O) groups excluding carboxylic acids is 2. The van der Waals surface area contributed by atoms with Gasteiger partial charge in [0.15, 0.2) is 6.61 Å². The van der Waals surface area contributed by atoms with Gasteiger partial charge in [0.1, 0.15) is 5.75 Å². The van der Waals surface area contributed by atoms with Crippen molar-refractivity contribution in [1.82, 2.24) is 5.32 Å². The Kier molecular flexibility index (Phi) is 7.67. The average Bonchev–Trinajstić information content (AvgIpc) is 2.66. The van der Waals surface area contributed by atoms with Gasteiger partial charge in [-0.15, -0.1) is 0 Å². The quantitative estimate of drug-likeness (QED) is 0.694. The summed E-state index contributed by atoms with van der Waals surface area (Å²) in [5.74, 6) is -0.489. The molecule has 0 spiro atoms. The van der Waals surface area contributed by atoms with E-state index in [0.29, 0.717) is 11.6 Å². The lowest BCUT2D eigenvalue weighted by Crippen LogP contribution is -2.30. The lowest BCUT2D eigenvalue weighted by molar-refractivity contribution is -0.151. The molecular weight excluding hydrogens is 366 g/mol. The Bertz CT molecular complexity index is 774. The highest BCUT2D eigenvalue weighted by Gasteiger charge is 2.26. The maximum Gasteiger partial charge on any atom is 0.314 e. The van der Waals surface area contributed by atoms with Crippen molar-refractivity contribution >= 4 is 23.5 Å². The van der Waals surface area contributed by atoms with Gasteiger partial charge in [-0.1, -0.05) is 49.7 Å². The maximum absolute atomic E-state index is 12.5. The third-order valence-corrected chi connectivity index (χ3v) is 4.37. The van der Waals surface area contributed by atoms with E-state index in [9.17, 15) is 9.59 Å². The zero-order chi connectivity index (χ0) is 19.8. The molecule has 2 rings (SSSR count). The van der Waals surface area contributed by atoms with E-state index in [4.69, 9.17) is 21.1 Å². The van der Waals surface area contributed by atoms with Gasteiger partial charge in [-0.05, 0) is 41.3 Å². The monoisotopic (exact) mass is 389 g/mol. The van der Waals surface area contributed by atoms with Crippen molar-refractivity contribution in [3.63, 3.8) is 0 Å². The fourth-order valence-corrected chi connectivity index (χ4v) is 2.85. The first-order valence-corrected chi connectivity index (χ1v) is 9.10. The molecule has 0 aliphatic heterocycles. The lowest BCUT2D eigenvalue weighted by Gasteiger charge is -2.20. The molecule has 0 unspecified atom stereocenters. The van der Waals surface area contributed by atoms with Gasteiger partial charge in [0.05, 0.1) is 13.0 Å². The van der Waals surface area contributed by atoms with Crippen LogP contribution in [0.15, 0.2) is 48.5 Å². The van der Waals surface area contributed by atoms with Crippen LogP contribution < -0.4 is 10.1 Å². The summed E-state index contributed by atoms with van der Waals surface area (Å²) < 4.78 is 10.4. The molecule has 0 aliphatic carbocycles. The number of benzene rings is 2. The van der Waals surface area contributed by atoms with Crippen LogP contribution in [-0.2, 0) is 20.9 Å². The summed E-state index contributed by atoms with van der Waals surface area (Å²) >= 11 is 5.91. The topological polar surface area (TPSA) is 64.6 Å². The number of hydrogen-bond donors (Lipinski definition) is 1. The molecule has 6 heteroatoms. The predicted molar refractivity (Wildman–Crippen MR) is 105 cm³/mol. The van der Waals surface area contributed by atoms with Gasteiger partial charge in [0.2, 0.25) is 0 Å².